The molecular weight excluding hydrogens is 332 g/mol. The Bertz CT molecular complexity index is 831. The van der Waals surface area contributed by atoms with E-state index in [1.165, 1.54) is 14.2 Å². The number of hydrogen-bond acceptors (Lipinski definition) is 7. The lowest BCUT2D eigenvalue weighted by Crippen LogP contribution is -2.25. The molecule has 2 aromatic rings. The highest BCUT2D eigenvalue weighted by atomic mass is 32.2. The van der Waals surface area contributed by atoms with E-state index in [0.717, 1.165) is 11.1 Å². The summed E-state index contributed by atoms with van der Waals surface area (Å²) in [4.78, 5) is 12.1. The zero-order valence-corrected chi connectivity index (χ0v) is 15.1. The van der Waals surface area contributed by atoms with Crippen molar-refractivity contribution in [3.8, 4) is 12.0 Å². The second-order valence-electron chi connectivity index (χ2n) is 5.25. The molecule has 2 rings (SSSR count). The third-order valence-corrected chi connectivity index (χ3v) is 5.05. The molecule has 0 amide bonds. The van der Waals surface area contributed by atoms with Crippen LogP contribution in [0.3, 0.4) is 0 Å². The van der Waals surface area contributed by atoms with Crippen molar-refractivity contribution in [1.29, 1.82) is 0 Å². The van der Waals surface area contributed by atoms with Gasteiger partial charge in [0.2, 0.25) is 10.0 Å². The lowest BCUT2D eigenvalue weighted by molar-refractivity contribution is 0.336. The van der Waals surface area contributed by atoms with Crippen molar-refractivity contribution in [3.05, 3.63) is 34.6 Å². The monoisotopic (exact) mass is 352 g/mol. The summed E-state index contributed by atoms with van der Waals surface area (Å²) in [5.74, 6) is 0.198. The predicted octanol–water partition coefficient (Wildman–Crippen LogP) is 1.29. The van der Waals surface area contributed by atoms with Crippen LogP contribution in [0.2, 0.25) is 0 Å². The Morgan fingerprint density at radius 1 is 0.917 bits per heavy atom. The number of nitrogens with zero attached hydrogens (tertiary/aromatic N) is 3. The smallest absolute Gasteiger partial charge is 0.322 e. The Kier molecular flexibility index (Phi) is 5.35. The molecule has 0 aliphatic carbocycles. The number of sulfonamides is 1. The van der Waals surface area contributed by atoms with Gasteiger partial charge in [-0.3, -0.25) is 0 Å². The van der Waals surface area contributed by atoms with E-state index in [9.17, 15) is 8.42 Å². The number of aryl methyl sites for hydroxylation is 3. The summed E-state index contributed by atoms with van der Waals surface area (Å²) in [6.07, 6.45) is 0. The minimum Gasteiger partial charge on any atom is -0.467 e. The fraction of sp³-hybridized carbons (Fsp3) is 0.400. The Balaban J connectivity index is 2.26. The Labute approximate surface area is 141 Å². The van der Waals surface area contributed by atoms with Gasteiger partial charge in [0.15, 0.2) is 5.82 Å². The maximum Gasteiger partial charge on any atom is 0.322 e. The van der Waals surface area contributed by atoms with Crippen LogP contribution in [0, 0.1) is 20.8 Å². The molecule has 0 saturated heterocycles. The van der Waals surface area contributed by atoms with E-state index in [1.54, 1.807) is 13.0 Å². The molecule has 130 valence electrons. The summed E-state index contributed by atoms with van der Waals surface area (Å²) in [6, 6.07) is 3.61. The molecule has 24 heavy (non-hydrogen) atoms. The van der Waals surface area contributed by atoms with Crippen LogP contribution >= 0.6 is 0 Å². The summed E-state index contributed by atoms with van der Waals surface area (Å²) >= 11 is 0. The van der Waals surface area contributed by atoms with Gasteiger partial charge in [-0.15, -0.1) is 4.98 Å². The van der Waals surface area contributed by atoms with Crippen molar-refractivity contribution in [2.75, 3.05) is 14.2 Å². The first-order valence-corrected chi connectivity index (χ1v) is 8.65. The fourth-order valence-electron chi connectivity index (χ4n) is 2.10. The summed E-state index contributed by atoms with van der Waals surface area (Å²) in [7, 11) is -0.892. The quantitative estimate of drug-likeness (QED) is 0.835. The maximum absolute atomic E-state index is 12.6. The highest BCUT2D eigenvalue weighted by Gasteiger charge is 2.19. The summed E-state index contributed by atoms with van der Waals surface area (Å²) < 4.78 is 37.5. The molecule has 0 unspecified atom stereocenters. The molecule has 9 heteroatoms. The predicted molar refractivity (Wildman–Crippen MR) is 87.6 cm³/mol. The van der Waals surface area contributed by atoms with Gasteiger partial charge < -0.3 is 9.47 Å². The van der Waals surface area contributed by atoms with Gasteiger partial charge in [0, 0.05) is 0 Å². The summed E-state index contributed by atoms with van der Waals surface area (Å²) in [6.45, 7) is 5.46. The van der Waals surface area contributed by atoms with Crippen molar-refractivity contribution in [3.63, 3.8) is 0 Å². The molecule has 0 aliphatic rings. The minimum absolute atomic E-state index is 0.0541. The lowest BCUT2D eigenvalue weighted by Gasteiger charge is -2.12. The van der Waals surface area contributed by atoms with Crippen LogP contribution in [-0.4, -0.2) is 37.6 Å². The van der Waals surface area contributed by atoms with Crippen molar-refractivity contribution in [2.45, 2.75) is 32.2 Å². The normalized spacial score (nSPS) is 11.4. The molecule has 0 spiro atoms. The van der Waals surface area contributed by atoms with Crippen LogP contribution in [0.25, 0.3) is 0 Å². The second-order valence-corrected chi connectivity index (χ2v) is 6.99. The van der Waals surface area contributed by atoms with Gasteiger partial charge in [0.05, 0.1) is 25.7 Å². The first-order valence-electron chi connectivity index (χ1n) is 7.17. The second kappa shape index (κ2) is 7.10. The molecule has 0 saturated carbocycles. The van der Waals surface area contributed by atoms with Crippen molar-refractivity contribution in [2.24, 2.45) is 0 Å². The lowest BCUT2D eigenvalue weighted by atomic mass is 10.1. The number of rotatable bonds is 6. The molecule has 0 atom stereocenters. The highest BCUT2D eigenvalue weighted by Crippen LogP contribution is 2.20. The molecule has 1 aromatic carbocycles. The molecule has 8 nitrogen and oxygen atoms in total. The average molecular weight is 352 g/mol. The van der Waals surface area contributed by atoms with Gasteiger partial charge in [0.25, 0.3) is 0 Å². The number of ether oxygens (including phenoxy) is 2. The van der Waals surface area contributed by atoms with Gasteiger partial charge >= 0.3 is 12.0 Å². The van der Waals surface area contributed by atoms with Crippen molar-refractivity contribution >= 4 is 10.0 Å². The van der Waals surface area contributed by atoms with E-state index in [0.29, 0.717) is 5.56 Å². The third-order valence-electron chi connectivity index (χ3n) is 3.51. The molecule has 0 aliphatic heterocycles. The summed E-state index contributed by atoms with van der Waals surface area (Å²) in [5.41, 5.74) is 2.62. The van der Waals surface area contributed by atoms with Gasteiger partial charge in [-0.1, -0.05) is 6.07 Å². The Morgan fingerprint density at radius 2 is 1.46 bits per heavy atom. The molecule has 0 radical (unpaired) electrons. The van der Waals surface area contributed by atoms with Crippen LogP contribution in [0.5, 0.6) is 12.0 Å². The van der Waals surface area contributed by atoms with Gasteiger partial charge in [-0.25, -0.2) is 13.1 Å². The minimum atomic E-state index is -3.70. The molecule has 1 heterocycles. The van der Waals surface area contributed by atoms with E-state index in [4.69, 9.17) is 9.47 Å². The molecule has 0 bridgehead atoms. The topological polar surface area (TPSA) is 103 Å². The van der Waals surface area contributed by atoms with Crippen molar-refractivity contribution < 1.29 is 17.9 Å². The molecular formula is C15H20N4O4S. The van der Waals surface area contributed by atoms with Gasteiger partial charge in [-0.2, -0.15) is 9.97 Å². The van der Waals surface area contributed by atoms with Crippen LogP contribution in [0.15, 0.2) is 17.0 Å². The fourth-order valence-corrected chi connectivity index (χ4v) is 3.39. The van der Waals surface area contributed by atoms with E-state index >= 15 is 0 Å². The van der Waals surface area contributed by atoms with E-state index in [2.05, 4.69) is 19.7 Å². The SMILES string of the molecule is COc1nc(CNS(=O)(=O)c2cc(C)c(C)cc2C)nc(OC)n1. The average Bonchev–Trinajstić information content (AvgIpc) is 2.55. The first-order chi connectivity index (χ1) is 11.3. The molecule has 1 aromatic heterocycles. The van der Waals surface area contributed by atoms with Crippen LogP contribution < -0.4 is 14.2 Å². The van der Waals surface area contributed by atoms with E-state index in [-0.39, 0.29) is 29.3 Å². The van der Waals surface area contributed by atoms with Crippen LogP contribution in [0.4, 0.5) is 0 Å². The van der Waals surface area contributed by atoms with E-state index in [1.807, 2.05) is 19.9 Å². The number of nitrogens with one attached hydrogen (secondary N) is 1. The number of benzene rings is 1. The van der Waals surface area contributed by atoms with Gasteiger partial charge in [-0.05, 0) is 43.5 Å². The largest absolute Gasteiger partial charge is 0.467 e. The van der Waals surface area contributed by atoms with E-state index < -0.39 is 10.0 Å². The first kappa shape index (κ1) is 18.1. The van der Waals surface area contributed by atoms with Crippen molar-refractivity contribution in [1.82, 2.24) is 19.7 Å². The maximum atomic E-state index is 12.6. The number of hydrogen-bond donors (Lipinski definition) is 1. The number of aromatic nitrogens is 3. The third kappa shape index (κ3) is 3.98. The zero-order chi connectivity index (χ0) is 17.9. The number of methoxy groups -OCH3 is 2. The van der Waals surface area contributed by atoms with Gasteiger partial charge in [0.1, 0.15) is 0 Å². The Hall–Kier alpha value is -2.26. The Morgan fingerprint density at radius 3 is 2.00 bits per heavy atom. The zero-order valence-electron chi connectivity index (χ0n) is 14.2. The molecule has 1 N–H and O–H groups in total. The van der Waals surface area contributed by atoms with Crippen LogP contribution in [0.1, 0.15) is 22.5 Å². The highest BCUT2D eigenvalue weighted by molar-refractivity contribution is 7.89. The molecule has 0 fully saturated rings. The standard InChI is InChI=1S/C15H20N4O4S/c1-9-6-11(3)12(7-10(9)2)24(20,21)16-8-13-17-14(22-4)19-15(18-13)23-5/h6-7,16H,8H2,1-5H3. The van der Waals surface area contributed by atoms with Crippen LogP contribution in [-0.2, 0) is 16.6 Å². The summed E-state index contributed by atoms with van der Waals surface area (Å²) in [5, 5.41) is 0.